The van der Waals surface area contributed by atoms with Gasteiger partial charge in [0.1, 0.15) is 5.69 Å². The molecule has 0 atom stereocenters. The van der Waals surface area contributed by atoms with E-state index in [1.807, 2.05) is 42.8 Å². The van der Waals surface area contributed by atoms with E-state index in [1.54, 1.807) is 14.0 Å². The smallest absolute Gasteiger partial charge is 0.356 e. The van der Waals surface area contributed by atoms with Gasteiger partial charge in [0.25, 0.3) is 5.91 Å². The topological polar surface area (TPSA) is 91.0 Å². The molecule has 29 heavy (non-hydrogen) atoms. The summed E-state index contributed by atoms with van der Waals surface area (Å²) in [5, 5.41) is 12.2. The highest BCUT2D eigenvalue weighted by molar-refractivity contribution is 6.30. The number of carbonyl (C=O) groups excluding carboxylic acids is 2. The Morgan fingerprint density at radius 3 is 2.52 bits per heavy atom. The van der Waals surface area contributed by atoms with E-state index >= 15 is 0 Å². The molecular formula is C20H22ClN5O3. The van der Waals surface area contributed by atoms with Crippen LogP contribution in [0.1, 0.15) is 44.9 Å². The Balaban J connectivity index is 1.79. The van der Waals surface area contributed by atoms with Crippen LogP contribution in [0, 0.1) is 13.8 Å². The van der Waals surface area contributed by atoms with E-state index in [9.17, 15) is 9.59 Å². The molecular weight excluding hydrogens is 394 g/mol. The summed E-state index contributed by atoms with van der Waals surface area (Å²) in [6.07, 6.45) is 0. The number of benzene rings is 1. The van der Waals surface area contributed by atoms with Crippen LogP contribution in [-0.4, -0.2) is 38.0 Å². The third-order valence-electron chi connectivity index (χ3n) is 4.46. The van der Waals surface area contributed by atoms with Crippen LogP contribution in [0.5, 0.6) is 0 Å². The maximum absolute atomic E-state index is 12.7. The zero-order valence-corrected chi connectivity index (χ0v) is 17.4. The monoisotopic (exact) mass is 415 g/mol. The summed E-state index contributed by atoms with van der Waals surface area (Å²) in [6, 6.07) is 8.93. The van der Waals surface area contributed by atoms with Crippen molar-refractivity contribution in [2.45, 2.75) is 27.3 Å². The summed E-state index contributed by atoms with van der Waals surface area (Å²) in [5.41, 5.74) is 3.50. The lowest BCUT2D eigenvalue weighted by molar-refractivity contribution is 0.0513. The summed E-state index contributed by atoms with van der Waals surface area (Å²) >= 11 is 5.93. The Kier molecular flexibility index (Phi) is 6.03. The Morgan fingerprint density at radius 2 is 1.86 bits per heavy atom. The fourth-order valence-electron chi connectivity index (χ4n) is 2.95. The van der Waals surface area contributed by atoms with Crippen LogP contribution in [-0.2, 0) is 18.3 Å². The first-order valence-corrected chi connectivity index (χ1v) is 9.49. The van der Waals surface area contributed by atoms with Crippen molar-refractivity contribution in [2.75, 3.05) is 11.9 Å². The van der Waals surface area contributed by atoms with Crippen LogP contribution in [0.25, 0.3) is 0 Å². The van der Waals surface area contributed by atoms with Crippen molar-refractivity contribution in [1.82, 2.24) is 19.6 Å². The molecule has 0 spiro atoms. The number of halogens is 1. The van der Waals surface area contributed by atoms with Crippen LogP contribution in [0.15, 0.2) is 30.3 Å². The van der Waals surface area contributed by atoms with Gasteiger partial charge in [-0.3, -0.25) is 14.2 Å². The SMILES string of the molecule is CCOC(=O)c1cc(C(=O)Nc2c(C)nn(Cc3ccc(Cl)cc3)c2C)nn1C. The molecule has 0 unspecified atom stereocenters. The Morgan fingerprint density at radius 1 is 1.17 bits per heavy atom. The van der Waals surface area contributed by atoms with Crippen LogP contribution in [0.3, 0.4) is 0 Å². The Bertz CT molecular complexity index is 1050. The zero-order valence-electron chi connectivity index (χ0n) is 16.7. The van der Waals surface area contributed by atoms with Gasteiger partial charge in [0.05, 0.1) is 30.2 Å². The number of ether oxygens (including phenoxy) is 1. The highest BCUT2D eigenvalue weighted by Crippen LogP contribution is 2.22. The van der Waals surface area contributed by atoms with Crippen LogP contribution in [0.2, 0.25) is 5.02 Å². The molecule has 0 aliphatic heterocycles. The number of nitrogens with zero attached hydrogens (tertiary/aromatic N) is 4. The number of aromatic nitrogens is 4. The van der Waals surface area contributed by atoms with Crippen molar-refractivity contribution in [3.05, 3.63) is 63.7 Å². The standard InChI is InChI=1S/C20H22ClN5O3/c1-5-29-20(28)17-10-16(24-25(17)4)19(27)22-18-12(2)23-26(13(18)3)11-14-6-8-15(21)9-7-14/h6-10H,5,11H2,1-4H3,(H,22,27). The third-order valence-corrected chi connectivity index (χ3v) is 4.71. The van der Waals surface area contributed by atoms with E-state index in [1.165, 1.54) is 10.7 Å². The van der Waals surface area contributed by atoms with E-state index in [2.05, 4.69) is 15.5 Å². The molecule has 152 valence electrons. The molecule has 3 rings (SSSR count). The molecule has 3 aromatic rings. The number of amides is 1. The maximum atomic E-state index is 12.7. The summed E-state index contributed by atoms with van der Waals surface area (Å²) in [4.78, 5) is 24.6. The molecule has 2 heterocycles. The molecule has 0 radical (unpaired) electrons. The summed E-state index contributed by atoms with van der Waals surface area (Å²) in [5.74, 6) is -0.946. The minimum absolute atomic E-state index is 0.125. The van der Waals surface area contributed by atoms with Gasteiger partial charge in [0.15, 0.2) is 5.69 Å². The molecule has 1 aromatic carbocycles. The Hall–Kier alpha value is -3.13. The van der Waals surface area contributed by atoms with Crippen molar-refractivity contribution in [1.29, 1.82) is 0 Å². The first kappa shape index (κ1) is 20.6. The van der Waals surface area contributed by atoms with Crippen LogP contribution >= 0.6 is 11.6 Å². The molecule has 0 bridgehead atoms. The number of rotatable bonds is 6. The number of aryl methyl sites for hydroxylation is 2. The normalized spacial score (nSPS) is 10.8. The molecule has 0 aliphatic rings. The third kappa shape index (κ3) is 4.48. The van der Waals surface area contributed by atoms with Gasteiger partial charge in [0, 0.05) is 18.1 Å². The molecule has 1 amide bonds. The number of hydrogen-bond donors (Lipinski definition) is 1. The number of anilines is 1. The van der Waals surface area contributed by atoms with E-state index in [0.717, 1.165) is 11.3 Å². The van der Waals surface area contributed by atoms with E-state index < -0.39 is 11.9 Å². The van der Waals surface area contributed by atoms with Gasteiger partial charge >= 0.3 is 5.97 Å². The lowest BCUT2D eigenvalue weighted by atomic mass is 10.2. The molecule has 0 saturated heterocycles. The first-order valence-electron chi connectivity index (χ1n) is 9.11. The second kappa shape index (κ2) is 8.48. The van der Waals surface area contributed by atoms with Crippen LogP contribution in [0.4, 0.5) is 5.69 Å². The molecule has 2 aromatic heterocycles. The second-order valence-corrected chi connectivity index (χ2v) is 6.98. The molecule has 0 saturated carbocycles. The number of hydrogen-bond acceptors (Lipinski definition) is 5. The van der Waals surface area contributed by atoms with E-state index in [-0.39, 0.29) is 18.0 Å². The highest BCUT2D eigenvalue weighted by Gasteiger charge is 2.21. The van der Waals surface area contributed by atoms with Gasteiger partial charge < -0.3 is 10.1 Å². The maximum Gasteiger partial charge on any atom is 0.356 e. The van der Waals surface area contributed by atoms with Gasteiger partial charge in [-0.05, 0) is 38.5 Å². The highest BCUT2D eigenvalue weighted by atomic mass is 35.5. The predicted molar refractivity (Wildman–Crippen MR) is 109 cm³/mol. The molecule has 9 heteroatoms. The largest absolute Gasteiger partial charge is 0.461 e. The van der Waals surface area contributed by atoms with E-state index in [0.29, 0.717) is 22.9 Å². The van der Waals surface area contributed by atoms with E-state index in [4.69, 9.17) is 16.3 Å². The molecule has 1 N–H and O–H groups in total. The predicted octanol–water partition coefficient (Wildman–Crippen LogP) is 3.36. The lowest BCUT2D eigenvalue weighted by Crippen LogP contribution is -2.14. The number of nitrogens with one attached hydrogen (secondary N) is 1. The van der Waals surface area contributed by atoms with Gasteiger partial charge in [-0.2, -0.15) is 10.2 Å². The number of esters is 1. The fraction of sp³-hybridized carbons (Fsp3) is 0.300. The molecule has 0 aliphatic carbocycles. The fourth-order valence-corrected chi connectivity index (χ4v) is 3.07. The summed E-state index contributed by atoms with van der Waals surface area (Å²) in [7, 11) is 1.59. The molecule has 0 fully saturated rings. The van der Waals surface area contributed by atoms with Crippen molar-refractivity contribution in [2.24, 2.45) is 7.05 Å². The van der Waals surface area contributed by atoms with Gasteiger partial charge in [-0.1, -0.05) is 23.7 Å². The van der Waals surface area contributed by atoms with Gasteiger partial charge in [0.2, 0.25) is 0 Å². The summed E-state index contributed by atoms with van der Waals surface area (Å²) in [6.45, 7) is 6.22. The zero-order chi connectivity index (χ0) is 21.1. The van der Waals surface area contributed by atoms with Crippen molar-refractivity contribution < 1.29 is 14.3 Å². The lowest BCUT2D eigenvalue weighted by Gasteiger charge is -2.06. The van der Waals surface area contributed by atoms with Crippen molar-refractivity contribution in [3.63, 3.8) is 0 Å². The minimum Gasteiger partial charge on any atom is -0.461 e. The minimum atomic E-state index is -0.523. The van der Waals surface area contributed by atoms with Crippen molar-refractivity contribution in [3.8, 4) is 0 Å². The molecule has 8 nitrogen and oxygen atoms in total. The summed E-state index contributed by atoms with van der Waals surface area (Å²) < 4.78 is 8.12. The first-order chi connectivity index (χ1) is 13.8. The average molecular weight is 416 g/mol. The number of carbonyl (C=O) groups is 2. The average Bonchev–Trinajstić information content (AvgIpc) is 3.19. The quantitative estimate of drug-likeness (QED) is 0.623. The van der Waals surface area contributed by atoms with Gasteiger partial charge in [-0.15, -0.1) is 0 Å². The second-order valence-electron chi connectivity index (χ2n) is 6.54. The van der Waals surface area contributed by atoms with Gasteiger partial charge in [-0.25, -0.2) is 4.79 Å². The Labute approximate surface area is 173 Å². The van der Waals surface area contributed by atoms with Crippen LogP contribution < -0.4 is 5.32 Å². The van der Waals surface area contributed by atoms with Crippen molar-refractivity contribution >= 4 is 29.2 Å².